The maximum Gasteiger partial charge on any atom is 0.265 e. The fourth-order valence-corrected chi connectivity index (χ4v) is 1.91. The summed E-state index contributed by atoms with van der Waals surface area (Å²) >= 11 is 3.30. The summed E-state index contributed by atoms with van der Waals surface area (Å²) in [5, 5.41) is 0. The van der Waals surface area contributed by atoms with Gasteiger partial charge in [0.15, 0.2) is 0 Å². The van der Waals surface area contributed by atoms with E-state index in [1.54, 1.807) is 0 Å². The molecule has 0 saturated heterocycles. The lowest BCUT2D eigenvalue weighted by molar-refractivity contribution is 0.744. The van der Waals surface area contributed by atoms with E-state index in [2.05, 4.69) is 25.9 Å². The number of rotatable bonds is 2. The number of nitrogens with one attached hydrogen (secondary N) is 1. The van der Waals surface area contributed by atoms with Crippen molar-refractivity contribution in [2.75, 3.05) is 0 Å². The third kappa shape index (κ3) is 1.75. The molecule has 0 atom stereocenters. The predicted molar refractivity (Wildman–Crippen MR) is 58.6 cm³/mol. The Hall–Kier alpha value is -0.640. The van der Waals surface area contributed by atoms with Crippen LogP contribution in [0.25, 0.3) is 0 Å². The maximum absolute atomic E-state index is 11.6. The minimum absolute atomic E-state index is 0.0504. The van der Waals surface area contributed by atoms with E-state index in [0.717, 1.165) is 24.4 Å². The standard InChI is InChI=1S/C10H13BrN2O/c1-5(2)9-12-8(6-3-4-6)7(11)10(14)13-9/h5-6H,3-4H2,1-2H3,(H,12,13,14). The Morgan fingerprint density at radius 1 is 1.50 bits per heavy atom. The average molecular weight is 257 g/mol. The summed E-state index contributed by atoms with van der Waals surface area (Å²) in [6, 6.07) is 0. The summed E-state index contributed by atoms with van der Waals surface area (Å²) in [6.07, 6.45) is 2.32. The summed E-state index contributed by atoms with van der Waals surface area (Å²) in [5.41, 5.74) is 0.892. The second kappa shape index (κ2) is 3.50. The van der Waals surface area contributed by atoms with Gasteiger partial charge in [0.1, 0.15) is 10.3 Å². The van der Waals surface area contributed by atoms with Crippen LogP contribution in [0.5, 0.6) is 0 Å². The second-order valence-electron chi connectivity index (χ2n) is 4.08. The van der Waals surface area contributed by atoms with Crippen molar-refractivity contribution in [3.05, 3.63) is 26.3 Å². The molecule has 14 heavy (non-hydrogen) atoms. The third-order valence-corrected chi connectivity index (χ3v) is 3.18. The zero-order valence-corrected chi connectivity index (χ0v) is 9.89. The maximum atomic E-state index is 11.6. The molecule has 1 N–H and O–H groups in total. The summed E-state index contributed by atoms with van der Waals surface area (Å²) in [7, 11) is 0. The fraction of sp³-hybridized carbons (Fsp3) is 0.600. The molecular formula is C10H13BrN2O. The van der Waals surface area contributed by atoms with Gasteiger partial charge >= 0.3 is 0 Å². The molecule has 0 aliphatic heterocycles. The molecule has 0 spiro atoms. The van der Waals surface area contributed by atoms with Gasteiger partial charge in [0.2, 0.25) is 0 Å². The molecule has 1 aliphatic carbocycles. The topological polar surface area (TPSA) is 45.8 Å². The van der Waals surface area contributed by atoms with Crippen molar-refractivity contribution < 1.29 is 0 Å². The number of aromatic amines is 1. The van der Waals surface area contributed by atoms with E-state index in [4.69, 9.17) is 0 Å². The van der Waals surface area contributed by atoms with Crippen LogP contribution in [0.2, 0.25) is 0 Å². The second-order valence-corrected chi connectivity index (χ2v) is 4.87. The van der Waals surface area contributed by atoms with Crippen LogP contribution in [0.1, 0.15) is 50.0 Å². The van der Waals surface area contributed by atoms with Gasteiger partial charge in [0.05, 0.1) is 5.69 Å². The number of H-pyrrole nitrogens is 1. The number of aromatic nitrogens is 2. The van der Waals surface area contributed by atoms with E-state index in [0.29, 0.717) is 10.4 Å². The summed E-state index contributed by atoms with van der Waals surface area (Å²) in [5.74, 6) is 1.57. The first-order valence-electron chi connectivity index (χ1n) is 4.89. The van der Waals surface area contributed by atoms with Crippen molar-refractivity contribution in [1.29, 1.82) is 0 Å². The summed E-state index contributed by atoms with van der Waals surface area (Å²) in [6.45, 7) is 4.06. The highest BCUT2D eigenvalue weighted by Crippen LogP contribution is 2.41. The van der Waals surface area contributed by atoms with E-state index in [9.17, 15) is 4.79 Å². The molecule has 1 saturated carbocycles. The fourth-order valence-electron chi connectivity index (χ4n) is 1.40. The lowest BCUT2D eigenvalue weighted by atomic mass is 10.2. The van der Waals surface area contributed by atoms with Crippen molar-refractivity contribution in [1.82, 2.24) is 9.97 Å². The molecule has 1 aromatic rings. The van der Waals surface area contributed by atoms with Gasteiger partial charge in [-0.05, 0) is 28.8 Å². The van der Waals surface area contributed by atoms with Gasteiger partial charge in [-0.1, -0.05) is 13.8 Å². The van der Waals surface area contributed by atoms with Crippen molar-refractivity contribution >= 4 is 15.9 Å². The highest BCUT2D eigenvalue weighted by Gasteiger charge is 2.29. The lowest BCUT2D eigenvalue weighted by Crippen LogP contribution is -2.16. The van der Waals surface area contributed by atoms with Crippen molar-refractivity contribution in [2.45, 2.75) is 38.5 Å². The molecule has 0 aromatic carbocycles. The van der Waals surface area contributed by atoms with Gasteiger partial charge in [-0.15, -0.1) is 0 Å². The highest BCUT2D eigenvalue weighted by molar-refractivity contribution is 9.10. The van der Waals surface area contributed by atoms with Crippen molar-refractivity contribution in [2.24, 2.45) is 0 Å². The largest absolute Gasteiger partial charge is 0.309 e. The van der Waals surface area contributed by atoms with Crippen LogP contribution in [0.3, 0.4) is 0 Å². The Morgan fingerprint density at radius 3 is 2.64 bits per heavy atom. The van der Waals surface area contributed by atoms with Gasteiger partial charge in [0, 0.05) is 11.8 Å². The molecule has 0 amide bonds. The molecule has 3 nitrogen and oxygen atoms in total. The van der Waals surface area contributed by atoms with E-state index >= 15 is 0 Å². The Morgan fingerprint density at radius 2 is 2.14 bits per heavy atom. The predicted octanol–water partition coefficient (Wildman–Crippen LogP) is 2.53. The van der Waals surface area contributed by atoms with Crippen LogP contribution in [0.4, 0.5) is 0 Å². The van der Waals surface area contributed by atoms with Crippen molar-refractivity contribution in [3.63, 3.8) is 0 Å². The van der Waals surface area contributed by atoms with Gasteiger partial charge in [-0.25, -0.2) is 4.98 Å². The van der Waals surface area contributed by atoms with Gasteiger partial charge in [0.25, 0.3) is 5.56 Å². The number of hydrogen-bond acceptors (Lipinski definition) is 2. The molecule has 0 radical (unpaired) electrons. The smallest absolute Gasteiger partial charge is 0.265 e. The van der Waals surface area contributed by atoms with Crippen LogP contribution in [-0.4, -0.2) is 9.97 Å². The molecule has 1 aromatic heterocycles. The van der Waals surface area contributed by atoms with Crippen molar-refractivity contribution in [3.8, 4) is 0 Å². The molecule has 0 unspecified atom stereocenters. The average Bonchev–Trinajstić information content (AvgIpc) is 2.92. The van der Waals surface area contributed by atoms with E-state index in [1.165, 1.54) is 0 Å². The minimum Gasteiger partial charge on any atom is -0.309 e. The Kier molecular flexibility index (Phi) is 2.47. The lowest BCUT2D eigenvalue weighted by Gasteiger charge is -2.07. The van der Waals surface area contributed by atoms with E-state index < -0.39 is 0 Å². The van der Waals surface area contributed by atoms with Crippen LogP contribution in [-0.2, 0) is 0 Å². The first-order valence-corrected chi connectivity index (χ1v) is 5.68. The molecular weight excluding hydrogens is 244 g/mol. The molecule has 1 aliphatic rings. The molecule has 4 heteroatoms. The number of halogens is 1. The quantitative estimate of drug-likeness (QED) is 0.884. The molecule has 76 valence electrons. The van der Waals surface area contributed by atoms with Gasteiger partial charge in [-0.3, -0.25) is 4.79 Å². The SMILES string of the molecule is CC(C)c1nc(C2CC2)c(Br)c(=O)[nH]1. The van der Waals surface area contributed by atoms with E-state index in [1.807, 2.05) is 13.8 Å². The summed E-state index contributed by atoms with van der Waals surface area (Å²) < 4.78 is 0.615. The zero-order chi connectivity index (χ0) is 10.3. The number of hydrogen-bond donors (Lipinski definition) is 1. The molecule has 0 bridgehead atoms. The molecule has 1 heterocycles. The van der Waals surface area contributed by atoms with E-state index in [-0.39, 0.29) is 11.5 Å². The number of nitrogens with zero attached hydrogens (tertiary/aromatic N) is 1. The van der Waals surface area contributed by atoms with Gasteiger partial charge in [-0.2, -0.15) is 0 Å². The first-order chi connectivity index (χ1) is 6.59. The van der Waals surface area contributed by atoms with Crippen LogP contribution < -0.4 is 5.56 Å². The van der Waals surface area contributed by atoms with Crippen LogP contribution in [0.15, 0.2) is 9.27 Å². The van der Waals surface area contributed by atoms with Crippen LogP contribution >= 0.6 is 15.9 Å². The molecule has 2 rings (SSSR count). The highest BCUT2D eigenvalue weighted by atomic mass is 79.9. The Labute approximate surface area is 91.1 Å². The Balaban J connectivity index is 2.52. The first kappa shape index (κ1) is 9.90. The monoisotopic (exact) mass is 256 g/mol. The Bertz CT molecular complexity index is 407. The minimum atomic E-state index is -0.0504. The van der Waals surface area contributed by atoms with Crippen LogP contribution in [0, 0.1) is 0 Å². The summed E-state index contributed by atoms with van der Waals surface area (Å²) in [4.78, 5) is 18.8. The molecule has 1 fully saturated rings. The normalized spacial score (nSPS) is 16.3. The third-order valence-electron chi connectivity index (χ3n) is 2.42. The zero-order valence-electron chi connectivity index (χ0n) is 8.30. The van der Waals surface area contributed by atoms with Gasteiger partial charge < -0.3 is 4.98 Å².